The predicted molar refractivity (Wildman–Crippen MR) is 141 cm³/mol. The van der Waals surface area contributed by atoms with Crippen molar-refractivity contribution < 1.29 is 38.5 Å². The molecule has 0 saturated carbocycles. The minimum atomic E-state index is -0.927. The third-order valence-corrected chi connectivity index (χ3v) is 5.55. The Morgan fingerprint density at radius 1 is 0.641 bits per heavy atom. The lowest BCUT2D eigenvalue weighted by Crippen LogP contribution is -2.19. The molecular weight excluding hydrogens is 500 g/mol. The van der Waals surface area contributed by atoms with Gasteiger partial charge in [0.05, 0.1) is 28.9 Å². The highest BCUT2D eigenvalue weighted by Gasteiger charge is 2.33. The SMILES string of the molecule is CCCOC(=O)c1cc(O)c(OC(=O)c2ccccc2)c(OC(=O)c2ccccc2)c1C(=O)c1ccccc1. The summed E-state index contributed by atoms with van der Waals surface area (Å²) in [7, 11) is 0. The molecule has 0 spiro atoms. The first kappa shape index (κ1) is 26.8. The number of esters is 3. The Labute approximate surface area is 224 Å². The van der Waals surface area contributed by atoms with Gasteiger partial charge in [-0.2, -0.15) is 0 Å². The first-order valence-electron chi connectivity index (χ1n) is 12.1. The van der Waals surface area contributed by atoms with Crippen LogP contribution < -0.4 is 9.47 Å². The van der Waals surface area contributed by atoms with E-state index in [2.05, 4.69) is 0 Å². The monoisotopic (exact) mass is 524 g/mol. The van der Waals surface area contributed by atoms with Gasteiger partial charge in [-0.05, 0) is 36.8 Å². The lowest BCUT2D eigenvalue weighted by Gasteiger charge is -2.18. The van der Waals surface area contributed by atoms with Gasteiger partial charge < -0.3 is 19.3 Å². The molecule has 0 aliphatic heterocycles. The van der Waals surface area contributed by atoms with Crippen molar-refractivity contribution >= 4 is 23.7 Å². The number of carbonyl (C=O) groups excluding carboxylic acids is 4. The summed E-state index contributed by atoms with van der Waals surface area (Å²) in [6, 6.07) is 24.7. The maximum Gasteiger partial charge on any atom is 0.343 e. The summed E-state index contributed by atoms with van der Waals surface area (Å²) in [6.45, 7) is 1.84. The van der Waals surface area contributed by atoms with Crippen molar-refractivity contribution in [3.05, 3.63) is 125 Å². The molecule has 0 fully saturated rings. The number of ether oxygens (including phenoxy) is 3. The second-order valence-corrected chi connectivity index (χ2v) is 8.32. The standard InChI is InChI=1S/C31H24O8/c1-2-18-37-31(36)23-19-24(32)27(38-29(34)21-14-8-4-9-15-21)28(39-30(35)22-16-10-5-11-17-22)25(23)26(33)20-12-6-3-7-13-20/h3-17,19,32H,2,18H2,1H3. The Morgan fingerprint density at radius 3 is 1.59 bits per heavy atom. The van der Waals surface area contributed by atoms with E-state index in [1.807, 2.05) is 0 Å². The van der Waals surface area contributed by atoms with Crippen LogP contribution in [0.5, 0.6) is 17.2 Å². The van der Waals surface area contributed by atoms with Crippen LogP contribution in [0.2, 0.25) is 0 Å². The number of aromatic hydroxyl groups is 1. The molecule has 196 valence electrons. The molecule has 4 aromatic rings. The molecule has 0 unspecified atom stereocenters. The van der Waals surface area contributed by atoms with Crippen LogP contribution in [0.25, 0.3) is 0 Å². The van der Waals surface area contributed by atoms with Crippen molar-refractivity contribution in [1.82, 2.24) is 0 Å². The van der Waals surface area contributed by atoms with Crippen molar-refractivity contribution in [2.45, 2.75) is 13.3 Å². The largest absolute Gasteiger partial charge is 0.504 e. The number of rotatable bonds is 9. The first-order valence-corrected chi connectivity index (χ1v) is 12.1. The van der Waals surface area contributed by atoms with Crippen molar-refractivity contribution in [3.8, 4) is 17.2 Å². The van der Waals surface area contributed by atoms with Gasteiger partial charge in [0.2, 0.25) is 5.75 Å². The molecule has 0 aliphatic rings. The van der Waals surface area contributed by atoms with Gasteiger partial charge in [-0.1, -0.05) is 73.7 Å². The molecular formula is C31H24O8. The fourth-order valence-electron chi connectivity index (χ4n) is 3.67. The highest BCUT2D eigenvalue weighted by molar-refractivity contribution is 6.17. The normalized spacial score (nSPS) is 10.4. The zero-order valence-corrected chi connectivity index (χ0v) is 21.0. The summed E-state index contributed by atoms with van der Waals surface area (Å²) in [6.07, 6.45) is 0.502. The number of hydrogen-bond acceptors (Lipinski definition) is 8. The van der Waals surface area contributed by atoms with Gasteiger partial charge in [-0.25, -0.2) is 14.4 Å². The highest BCUT2D eigenvalue weighted by atomic mass is 16.6. The molecule has 39 heavy (non-hydrogen) atoms. The molecule has 8 nitrogen and oxygen atoms in total. The Balaban J connectivity index is 1.93. The molecule has 0 saturated heterocycles. The van der Waals surface area contributed by atoms with Crippen LogP contribution in [0.15, 0.2) is 97.1 Å². The lowest BCUT2D eigenvalue weighted by atomic mass is 9.96. The fourth-order valence-corrected chi connectivity index (χ4v) is 3.67. The van der Waals surface area contributed by atoms with Crippen LogP contribution in [-0.2, 0) is 4.74 Å². The maximum absolute atomic E-state index is 13.8. The van der Waals surface area contributed by atoms with Crippen LogP contribution in [0.3, 0.4) is 0 Å². The number of benzene rings is 4. The minimum Gasteiger partial charge on any atom is -0.504 e. The van der Waals surface area contributed by atoms with E-state index in [1.165, 1.54) is 36.4 Å². The van der Waals surface area contributed by atoms with E-state index in [1.54, 1.807) is 61.5 Å². The van der Waals surface area contributed by atoms with E-state index in [4.69, 9.17) is 14.2 Å². The van der Waals surface area contributed by atoms with E-state index < -0.39 is 46.5 Å². The topological polar surface area (TPSA) is 116 Å². The van der Waals surface area contributed by atoms with Gasteiger partial charge in [-0.15, -0.1) is 0 Å². The number of ketones is 1. The van der Waals surface area contributed by atoms with Crippen molar-refractivity contribution in [3.63, 3.8) is 0 Å². The number of phenolic OH excluding ortho intramolecular Hbond substituents is 1. The summed E-state index contributed by atoms with van der Waals surface area (Å²) in [5.74, 6) is -5.33. The molecule has 0 amide bonds. The summed E-state index contributed by atoms with van der Waals surface area (Å²) >= 11 is 0. The molecule has 0 radical (unpaired) electrons. The Morgan fingerprint density at radius 2 is 1.10 bits per heavy atom. The van der Waals surface area contributed by atoms with Crippen LogP contribution >= 0.6 is 0 Å². The highest BCUT2D eigenvalue weighted by Crippen LogP contribution is 2.44. The van der Waals surface area contributed by atoms with Crippen molar-refractivity contribution in [1.29, 1.82) is 0 Å². The molecule has 0 atom stereocenters. The third kappa shape index (κ3) is 6.19. The zero-order chi connectivity index (χ0) is 27.8. The van der Waals surface area contributed by atoms with Crippen molar-refractivity contribution in [2.75, 3.05) is 6.61 Å². The minimum absolute atomic E-state index is 0.0441. The molecule has 4 rings (SSSR count). The molecule has 8 heteroatoms. The van der Waals surface area contributed by atoms with Crippen LogP contribution in [0.1, 0.15) is 60.3 Å². The summed E-state index contributed by atoms with van der Waals surface area (Å²) < 4.78 is 16.3. The van der Waals surface area contributed by atoms with E-state index in [0.29, 0.717) is 6.42 Å². The predicted octanol–water partition coefficient (Wildman–Crippen LogP) is 5.63. The Kier molecular flexibility index (Phi) is 8.48. The number of carbonyl (C=O) groups is 4. The molecule has 0 bridgehead atoms. The molecule has 1 N–H and O–H groups in total. The molecule has 0 heterocycles. The third-order valence-electron chi connectivity index (χ3n) is 5.55. The lowest BCUT2D eigenvalue weighted by molar-refractivity contribution is 0.0499. The fraction of sp³-hybridized carbons (Fsp3) is 0.0968. The Bertz CT molecular complexity index is 1500. The average molecular weight is 525 g/mol. The van der Waals surface area contributed by atoms with Gasteiger partial charge in [0.25, 0.3) is 0 Å². The van der Waals surface area contributed by atoms with Crippen molar-refractivity contribution in [2.24, 2.45) is 0 Å². The van der Waals surface area contributed by atoms with E-state index in [9.17, 15) is 24.3 Å². The van der Waals surface area contributed by atoms with Crippen LogP contribution in [0.4, 0.5) is 0 Å². The summed E-state index contributed by atoms with van der Waals surface area (Å²) in [4.78, 5) is 52.9. The second kappa shape index (κ2) is 12.3. The van der Waals surface area contributed by atoms with Gasteiger partial charge in [-0.3, -0.25) is 4.79 Å². The van der Waals surface area contributed by atoms with Crippen LogP contribution in [-0.4, -0.2) is 35.4 Å². The zero-order valence-electron chi connectivity index (χ0n) is 21.0. The molecule has 4 aromatic carbocycles. The first-order chi connectivity index (χ1) is 18.9. The molecule has 0 aliphatic carbocycles. The van der Waals surface area contributed by atoms with E-state index >= 15 is 0 Å². The van der Waals surface area contributed by atoms with Crippen LogP contribution in [0, 0.1) is 0 Å². The number of hydrogen-bond donors (Lipinski definition) is 1. The maximum atomic E-state index is 13.8. The van der Waals surface area contributed by atoms with Gasteiger partial charge in [0.1, 0.15) is 0 Å². The second-order valence-electron chi connectivity index (χ2n) is 8.32. The Hall–Kier alpha value is -5.24. The summed E-state index contributed by atoms with van der Waals surface area (Å²) in [5.41, 5.74) is -0.343. The van der Waals surface area contributed by atoms with Gasteiger partial charge in [0, 0.05) is 5.56 Å². The van der Waals surface area contributed by atoms with E-state index in [-0.39, 0.29) is 28.9 Å². The van der Waals surface area contributed by atoms with Gasteiger partial charge >= 0.3 is 17.9 Å². The quantitative estimate of drug-likeness (QED) is 0.170. The smallest absolute Gasteiger partial charge is 0.343 e. The van der Waals surface area contributed by atoms with E-state index in [0.717, 1.165) is 6.07 Å². The summed E-state index contributed by atoms with van der Waals surface area (Å²) in [5, 5.41) is 10.9. The number of phenols is 1. The average Bonchev–Trinajstić information content (AvgIpc) is 2.98. The van der Waals surface area contributed by atoms with Gasteiger partial charge in [0.15, 0.2) is 17.3 Å². The molecule has 0 aromatic heterocycles.